The Bertz CT molecular complexity index is 293. The molecule has 0 aliphatic carbocycles. The highest BCUT2D eigenvalue weighted by molar-refractivity contribution is 5.87. The minimum absolute atomic E-state index is 0.0445. The van der Waals surface area contributed by atoms with E-state index in [9.17, 15) is 9.59 Å². The molecule has 5 nitrogen and oxygen atoms in total. The van der Waals surface area contributed by atoms with Crippen LogP contribution in [0.2, 0.25) is 0 Å². The van der Waals surface area contributed by atoms with Crippen LogP contribution in [0.4, 0.5) is 0 Å². The van der Waals surface area contributed by atoms with Crippen LogP contribution in [0.5, 0.6) is 0 Å². The first-order chi connectivity index (χ1) is 8.15. The van der Waals surface area contributed by atoms with Gasteiger partial charge in [-0.05, 0) is 19.3 Å². The Morgan fingerprint density at radius 3 is 1.94 bits per heavy atom. The molecule has 0 saturated carbocycles. The Balaban J connectivity index is 4.54. The fourth-order valence-electron chi connectivity index (χ4n) is 1.56. The molecule has 1 unspecified atom stereocenters. The van der Waals surface area contributed by atoms with E-state index in [1.165, 1.54) is 4.90 Å². The van der Waals surface area contributed by atoms with Gasteiger partial charge in [0.25, 0.3) is 0 Å². The van der Waals surface area contributed by atoms with Crippen molar-refractivity contribution in [2.75, 3.05) is 26.7 Å². The van der Waals surface area contributed by atoms with E-state index in [0.717, 1.165) is 0 Å². The molecule has 106 valence electrons. The van der Waals surface area contributed by atoms with E-state index in [-0.39, 0.29) is 23.8 Å². The molecule has 0 saturated heterocycles. The number of carbonyl (C=O) groups excluding carboxylic acids is 2. The Morgan fingerprint density at radius 1 is 1.17 bits per heavy atom. The van der Waals surface area contributed by atoms with Gasteiger partial charge in [-0.15, -0.1) is 0 Å². The van der Waals surface area contributed by atoms with Gasteiger partial charge < -0.3 is 15.5 Å². The number of amides is 2. The maximum absolute atomic E-state index is 12.1. The van der Waals surface area contributed by atoms with E-state index in [1.54, 1.807) is 11.9 Å². The van der Waals surface area contributed by atoms with Gasteiger partial charge in [0.2, 0.25) is 11.8 Å². The highest BCUT2D eigenvalue weighted by Crippen LogP contribution is 2.18. The predicted octanol–water partition coefficient (Wildman–Crippen LogP) is 0.687. The van der Waals surface area contributed by atoms with Gasteiger partial charge in [0.1, 0.15) is 0 Å². The van der Waals surface area contributed by atoms with Gasteiger partial charge >= 0.3 is 0 Å². The van der Waals surface area contributed by atoms with Crippen LogP contribution in [0.1, 0.15) is 34.6 Å². The fraction of sp³-hybridized carbons (Fsp3) is 0.846. The zero-order valence-corrected chi connectivity index (χ0v) is 12.5. The molecule has 0 aromatic heterocycles. The average molecular weight is 257 g/mol. The third-order valence-electron chi connectivity index (χ3n) is 3.06. The quantitative estimate of drug-likeness (QED) is 0.788. The number of nitrogens with zero attached hydrogens (tertiary/aromatic N) is 2. The first-order valence-electron chi connectivity index (χ1n) is 6.43. The van der Waals surface area contributed by atoms with E-state index < -0.39 is 6.04 Å². The molecule has 0 aliphatic heterocycles. The summed E-state index contributed by atoms with van der Waals surface area (Å²) in [6.07, 6.45) is 0. The molecule has 0 bridgehead atoms. The average Bonchev–Trinajstić information content (AvgIpc) is 2.27. The number of likely N-dealkylation sites (N-methyl/N-ethyl adjacent to an activating group) is 2. The van der Waals surface area contributed by atoms with Crippen LogP contribution >= 0.6 is 0 Å². The largest absolute Gasteiger partial charge is 0.342 e. The highest BCUT2D eigenvalue weighted by Gasteiger charge is 2.30. The second-order valence-corrected chi connectivity index (χ2v) is 5.60. The second-order valence-electron chi connectivity index (χ2n) is 5.60. The lowest BCUT2D eigenvalue weighted by molar-refractivity contribution is -0.141. The standard InChI is InChI=1S/C13H27N3O2/c1-7-16(8-2)10(17)9-15(6)12(18)11(14)13(3,4)5/h11H,7-9,14H2,1-6H3. The van der Waals surface area contributed by atoms with Crippen molar-refractivity contribution in [3.8, 4) is 0 Å². The summed E-state index contributed by atoms with van der Waals surface area (Å²) in [7, 11) is 1.62. The Morgan fingerprint density at radius 2 is 1.61 bits per heavy atom. The number of nitrogens with two attached hydrogens (primary N) is 1. The molecular weight excluding hydrogens is 230 g/mol. The summed E-state index contributed by atoms with van der Waals surface area (Å²) in [5.74, 6) is -0.236. The molecule has 5 heteroatoms. The minimum Gasteiger partial charge on any atom is -0.342 e. The zero-order valence-electron chi connectivity index (χ0n) is 12.5. The number of rotatable bonds is 5. The summed E-state index contributed by atoms with van der Waals surface area (Å²) in [5.41, 5.74) is 5.59. The van der Waals surface area contributed by atoms with Gasteiger partial charge in [-0.25, -0.2) is 0 Å². The van der Waals surface area contributed by atoms with Crippen molar-refractivity contribution in [3.63, 3.8) is 0 Å². The summed E-state index contributed by atoms with van der Waals surface area (Å²) < 4.78 is 0. The molecule has 0 aromatic rings. The third kappa shape index (κ3) is 4.64. The molecule has 0 heterocycles. The topological polar surface area (TPSA) is 66.6 Å². The van der Waals surface area contributed by atoms with Crippen LogP contribution < -0.4 is 5.73 Å². The maximum Gasteiger partial charge on any atom is 0.242 e. The molecule has 0 aliphatic rings. The Kier molecular flexibility index (Phi) is 6.32. The van der Waals surface area contributed by atoms with Crippen LogP contribution in [-0.4, -0.2) is 54.3 Å². The normalized spacial score (nSPS) is 13.1. The van der Waals surface area contributed by atoms with Gasteiger partial charge in [-0.2, -0.15) is 0 Å². The van der Waals surface area contributed by atoms with E-state index in [1.807, 2.05) is 34.6 Å². The molecule has 0 fully saturated rings. The maximum atomic E-state index is 12.1. The predicted molar refractivity (Wildman–Crippen MR) is 73.0 cm³/mol. The molecule has 2 amide bonds. The molecule has 18 heavy (non-hydrogen) atoms. The molecule has 0 radical (unpaired) electrons. The van der Waals surface area contributed by atoms with Crippen molar-refractivity contribution in [3.05, 3.63) is 0 Å². The van der Waals surface area contributed by atoms with Crippen LogP contribution in [0.25, 0.3) is 0 Å². The van der Waals surface area contributed by atoms with Crippen molar-refractivity contribution >= 4 is 11.8 Å². The van der Waals surface area contributed by atoms with Crippen LogP contribution in [-0.2, 0) is 9.59 Å². The summed E-state index contributed by atoms with van der Waals surface area (Å²) in [6, 6.07) is -0.591. The molecule has 1 atom stereocenters. The van der Waals surface area contributed by atoms with Crippen LogP contribution in [0.3, 0.4) is 0 Å². The van der Waals surface area contributed by atoms with Gasteiger partial charge in [0.05, 0.1) is 12.6 Å². The summed E-state index contributed by atoms with van der Waals surface area (Å²) in [5, 5.41) is 0. The monoisotopic (exact) mass is 257 g/mol. The summed E-state index contributed by atoms with van der Waals surface area (Å²) in [6.45, 7) is 11.0. The Labute approximate surface area is 110 Å². The van der Waals surface area contributed by atoms with Gasteiger partial charge in [0, 0.05) is 20.1 Å². The number of carbonyl (C=O) groups is 2. The molecule has 2 N–H and O–H groups in total. The molecule has 0 rings (SSSR count). The van der Waals surface area contributed by atoms with Crippen molar-refractivity contribution in [2.24, 2.45) is 11.1 Å². The number of hydrogen-bond donors (Lipinski definition) is 1. The van der Waals surface area contributed by atoms with Crippen molar-refractivity contribution in [1.82, 2.24) is 9.80 Å². The highest BCUT2D eigenvalue weighted by atomic mass is 16.2. The SMILES string of the molecule is CCN(CC)C(=O)CN(C)C(=O)C(N)C(C)(C)C. The van der Waals surface area contributed by atoms with E-state index >= 15 is 0 Å². The van der Waals surface area contributed by atoms with Gasteiger partial charge in [-0.3, -0.25) is 9.59 Å². The smallest absolute Gasteiger partial charge is 0.242 e. The lowest BCUT2D eigenvalue weighted by atomic mass is 9.86. The van der Waals surface area contributed by atoms with Crippen molar-refractivity contribution in [2.45, 2.75) is 40.7 Å². The van der Waals surface area contributed by atoms with E-state index in [0.29, 0.717) is 13.1 Å². The molecular formula is C13H27N3O2. The van der Waals surface area contributed by atoms with Gasteiger partial charge in [-0.1, -0.05) is 20.8 Å². The first-order valence-corrected chi connectivity index (χ1v) is 6.43. The zero-order chi connectivity index (χ0) is 14.5. The second kappa shape index (κ2) is 6.73. The molecule has 0 aromatic carbocycles. The minimum atomic E-state index is -0.591. The Hall–Kier alpha value is -1.10. The first kappa shape index (κ1) is 16.9. The van der Waals surface area contributed by atoms with Crippen molar-refractivity contribution < 1.29 is 9.59 Å². The van der Waals surface area contributed by atoms with Crippen LogP contribution in [0.15, 0.2) is 0 Å². The van der Waals surface area contributed by atoms with Crippen LogP contribution in [0, 0.1) is 5.41 Å². The summed E-state index contributed by atoms with van der Waals surface area (Å²) >= 11 is 0. The lowest BCUT2D eigenvalue weighted by Crippen LogP contribution is -2.51. The van der Waals surface area contributed by atoms with Gasteiger partial charge in [0.15, 0.2) is 0 Å². The van der Waals surface area contributed by atoms with Crippen molar-refractivity contribution in [1.29, 1.82) is 0 Å². The lowest BCUT2D eigenvalue weighted by Gasteiger charge is -2.30. The fourth-order valence-corrected chi connectivity index (χ4v) is 1.56. The molecule has 0 spiro atoms. The third-order valence-corrected chi connectivity index (χ3v) is 3.06. The van der Waals surface area contributed by atoms with E-state index in [4.69, 9.17) is 5.73 Å². The van der Waals surface area contributed by atoms with E-state index in [2.05, 4.69) is 0 Å². The number of hydrogen-bond acceptors (Lipinski definition) is 3. The summed E-state index contributed by atoms with van der Waals surface area (Å²) in [4.78, 5) is 27.1.